The number of methoxy groups -OCH3 is 1. The Morgan fingerprint density at radius 3 is 2.69 bits per heavy atom. The van der Waals surface area contributed by atoms with Crippen LogP contribution in [0, 0.1) is 0 Å². The standard InChI is InChI=1S/C8H12N4O4/c1-10-7-5(8(15)16-2)6(9)12(11-7)3-4(13)14/h3,9H2,1-2H3,(H,10,11)(H,13,14). The van der Waals surface area contributed by atoms with Gasteiger partial charge >= 0.3 is 11.9 Å². The number of nitrogens with zero attached hydrogens (tertiary/aromatic N) is 2. The number of carbonyl (C=O) groups excluding carboxylic acids is 1. The van der Waals surface area contributed by atoms with E-state index in [9.17, 15) is 9.59 Å². The summed E-state index contributed by atoms with van der Waals surface area (Å²) in [4.78, 5) is 21.9. The van der Waals surface area contributed by atoms with Gasteiger partial charge in [-0.15, -0.1) is 0 Å². The normalized spacial score (nSPS) is 9.88. The Labute approximate surface area is 91.0 Å². The maximum atomic E-state index is 11.4. The molecule has 4 N–H and O–H groups in total. The molecule has 1 rings (SSSR count). The fourth-order valence-electron chi connectivity index (χ4n) is 1.20. The summed E-state index contributed by atoms with van der Waals surface area (Å²) >= 11 is 0. The fraction of sp³-hybridized carbons (Fsp3) is 0.375. The molecule has 1 aromatic rings. The molecule has 0 saturated heterocycles. The molecule has 1 aromatic heterocycles. The average Bonchev–Trinajstić information content (AvgIpc) is 2.54. The predicted molar refractivity (Wildman–Crippen MR) is 55.2 cm³/mol. The fourth-order valence-corrected chi connectivity index (χ4v) is 1.20. The van der Waals surface area contributed by atoms with Gasteiger partial charge in [0.15, 0.2) is 5.82 Å². The lowest BCUT2D eigenvalue weighted by molar-refractivity contribution is -0.137. The Hall–Kier alpha value is -2.25. The summed E-state index contributed by atoms with van der Waals surface area (Å²) in [7, 11) is 2.75. The van der Waals surface area contributed by atoms with Gasteiger partial charge in [0.1, 0.15) is 17.9 Å². The second kappa shape index (κ2) is 4.51. The van der Waals surface area contributed by atoms with Crippen LogP contribution in [-0.2, 0) is 16.1 Å². The summed E-state index contributed by atoms with van der Waals surface area (Å²) in [5, 5.41) is 15.1. The average molecular weight is 228 g/mol. The summed E-state index contributed by atoms with van der Waals surface area (Å²) in [6, 6.07) is 0. The first-order chi connectivity index (χ1) is 7.51. The molecule has 0 spiro atoms. The second-order valence-corrected chi connectivity index (χ2v) is 2.90. The number of aliphatic carboxylic acids is 1. The molecule has 0 amide bonds. The monoisotopic (exact) mass is 228 g/mol. The molecule has 0 radical (unpaired) electrons. The van der Waals surface area contributed by atoms with Crippen LogP contribution in [0.2, 0.25) is 0 Å². The number of hydrogen-bond acceptors (Lipinski definition) is 6. The molecule has 0 unspecified atom stereocenters. The molecule has 0 aliphatic rings. The zero-order valence-electron chi connectivity index (χ0n) is 8.85. The van der Waals surface area contributed by atoms with Gasteiger partial charge in [-0.3, -0.25) is 4.79 Å². The van der Waals surface area contributed by atoms with Gasteiger partial charge in [0.2, 0.25) is 0 Å². The van der Waals surface area contributed by atoms with Crippen molar-refractivity contribution >= 4 is 23.6 Å². The first-order valence-corrected chi connectivity index (χ1v) is 4.35. The van der Waals surface area contributed by atoms with E-state index in [0.29, 0.717) is 0 Å². The molecule has 0 aliphatic carbocycles. The van der Waals surface area contributed by atoms with E-state index in [4.69, 9.17) is 10.8 Å². The first-order valence-electron chi connectivity index (χ1n) is 4.35. The van der Waals surface area contributed by atoms with Crippen LogP contribution in [-0.4, -0.2) is 41.0 Å². The molecule has 16 heavy (non-hydrogen) atoms. The van der Waals surface area contributed by atoms with Crippen LogP contribution in [0.1, 0.15) is 10.4 Å². The maximum Gasteiger partial charge on any atom is 0.345 e. The number of nitrogen functional groups attached to an aromatic ring is 1. The minimum absolute atomic E-state index is 0.0336. The van der Waals surface area contributed by atoms with Gasteiger partial charge in [-0.25, -0.2) is 9.48 Å². The quantitative estimate of drug-likeness (QED) is 0.587. The highest BCUT2D eigenvalue weighted by atomic mass is 16.5. The highest BCUT2D eigenvalue weighted by Crippen LogP contribution is 2.21. The van der Waals surface area contributed by atoms with Crippen molar-refractivity contribution in [2.24, 2.45) is 0 Å². The lowest BCUT2D eigenvalue weighted by Gasteiger charge is -2.00. The molecule has 88 valence electrons. The van der Waals surface area contributed by atoms with Crippen LogP contribution in [0.3, 0.4) is 0 Å². The van der Waals surface area contributed by atoms with Crippen LogP contribution in [0.4, 0.5) is 11.6 Å². The van der Waals surface area contributed by atoms with Gasteiger partial charge in [-0.05, 0) is 0 Å². The number of rotatable bonds is 4. The summed E-state index contributed by atoms with van der Waals surface area (Å²) in [5.41, 5.74) is 5.63. The third-order valence-electron chi connectivity index (χ3n) is 1.90. The van der Waals surface area contributed by atoms with Crippen molar-refractivity contribution in [1.29, 1.82) is 0 Å². The number of carboxylic acids is 1. The van der Waals surface area contributed by atoms with Crippen molar-refractivity contribution in [1.82, 2.24) is 9.78 Å². The van der Waals surface area contributed by atoms with Gasteiger partial charge in [-0.1, -0.05) is 0 Å². The Morgan fingerprint density at radius 2 is 2.25 bits per heavy atom. The Morgan fingerprint density at radius 1 is 1.62 bits per heavy atom. The summed E-state index contributed by atoms with van der Waals surface area (Å²) < 4.78 is 5.53. The number of ether oxygens (including phenoxy) is 1. The van der Waals surface area contributed by atoms with Crippen LogP contribution < -0.4 is 11.1 Å². The van der Waals surface area contributed by atoms with E-state index >= 15 is 0 Å². The Kier molecular flexibility index (Phi) is 3.33. The van der Waals surface area contributed by atoms with E-state index < -0.39 is 18.5 Å². The summed E-state index contributed by atoms with van der Waals surface area (Å²) in [5.74, 6) is -1.63. The van der Waals surface area contributed by atoms with E-state index in [0.717, 1.165) is 4.68 Å². The molecule has 0 atom stereocenters. The zero-order chi connectivity index (χ0) is 12.3. The number of nitrogens with two attached hydrogens (primary N) is 1. The molecule has 8 nitrogen and oxygen atoms in total. The van der Waals surface area contributed by atoms with Crippen molar-refractivity contribution in [3.05, 3.63) is 5.56 Å². The molecule has 0 bridgehead atoms. The molecule has 1 heterocycles. The SMILES string of the molecule is CNc1nn(CC(=O)O)c(N)c1C(=O)OC. The van der Waals surface area contributed by atoms with E-state index in [1.807, 2.05) is 0 Å². The molecule has 0 fully saturated rings. The van der Waals surface area contributed by atoms with Crippen molar-refractivity contribution in [3.63, 3.8) is 0 Å². The van der Waals surface area contributed by atoms with E-state index in [2.05, 4.69) is 15.2 Å². The number of anilines is 2. The van der Waals surface area contributed by atoms with E-state index in [1.54, 1.807) is 7.05 Å². The number of nitrogens with one attached hydrogen (secondary N) is 1. The predicted octanol–water partition coefficient (Wildman–Crippen LogP) is -0.622. The highest BCUT2D eigenvalue weighted by Gasteiger charge is 2.22. The minimum Gasteiger partial charge on any atom is -0.480 e. The van der Waals surface area contributed by atoms with Crippen LogP contribution in [0.25, 0.3) is 0 Å². The van der Waals surface area contributed by atoms with Gasteiger partial charge < -0.3 is 20.9 Å². The first kappa shape index (κ1) is 11.8. The van der Waals surface area contributed by atoms with E-state index in [1.165, 1.54) is 7.11 Å². The van der Waals surface area contributed by atoms with Crippen molar-refractivity contribution < 1.29 is 19.4 Å². The van der Waals surface area contributed by atoms with Crippen LogP contribution >= 0.6 is 0 Å². The molecule has 0 aromatic carbocycles. The van der Waals surface area contributed by atoms with Gasteiger partial charge in [0.25, 0.3) is 0 Å². The molecular formula is C8H12N4O4. The highest BCUT2D eigenvalue weighted by molar-refractivity contribution is 5.99. The molecule has 0 aliphatic heterocycles. The number of carboxylic acid groups (broad SMARTS) is 1. The topological polar surface area (TPSA) is 119 Å². The number of hydrogen-bond donors (Lipinski definition) is 3. The van der Waals surface area contributed by atoms with Gasteiger partial charge in [0.05, 0.1) is 7.11 Å². The number of esters is 1. The zero-order valence-corrected chi connectivity index (χ0v) is 8.85. The van der Waals surface area contributed by atoms with Crippen molar-refractivity contribution in [2.75, 3.05) is 25.2 Å². The molecular weight excluding hydrogens is 216 g/mol. The summed E-state index contributed by atoms with van der Waals surface area (Å²) in [6.45, 7) is -0.419. The number of carbonyl (C=O) groups is 2. The van der Waals surface area contributed by atoms with Crippen LogP contribution in [0.15, 0.2) is 0 Å². The second-order valence-electron chi connectivity index (χ2n) is 2.90. The molecule has 8 heteroatoms. The van der Waals surface area contributed by atoms with Crippen molar-refractivity contribution in [2.45, 2.75) is 6.54 Å². The van der Waals surface area contributed by atoms with Crippen LogP contribution in [0.5, 0.6) is 0 Å². The Balaban J connectivity index is 3.20. The van der Waals surface area contributed by atoms with Gasteiger partial charge in [0, 0.05) is 7.05 Å². The molecule has 0 saturated carbocycles. The lowest BCUT2D eigenvalue weighted by Crippen LogP contribution is -2.13. The third-order valence-corrected chi connectivity index (χ3v) is 1.90. The Bertz CT molecular complexity index is 426. The smallest absolute Gasteiger partial charge is 0.345 e. The van der Waals surface area contributed by atoms with Crippen molar-refractivity contribution in [3.8, 4) is 0 Å². The minimum atomic E-state index is -1.10. The largest absolute Gasteiger partial charge is 0.480 e. The van der Waals surface area contributed by atoms with E-state index in [-0.39, 0.29) is 17.2 Å². The maximum absolute atomic E-state index is 11.4. The van der Waals surface area contributed by atoms with Gasteiger partial charge in [-0.2, -0.15) is 5.10 Å². The summed E-state index contributed by atoms with van der Waals surface area (Å²) in [6.07, 6.45) is 0. The lowest BCUT2D eigenvalue weighted by atomic mass is 10.3. The third kappa shape index (κ3) is 2.05. The number of aromatic nitrogens is 2.